The van der Waals surface area contributed by atoms with Crippen LogP contribution in [0.15, 0.2) is 66.2 Å². The summed E-state index contributed by atoms with van der Waals surface area (Å²) in [6.45, 7) is 1.82. The Morgan fingerprint density at radius 2 is 1.84 bits per heavy atom. The standard InChI is InChI=1S/C18H17NO5S/c1-12-7-9-14(10-8-12)16-15(20)17(18(19)23-16)24-25(21,22)11-13-5-3-2-4-6-13/h2-10,16H,11,19H2,1H3/t16-/m1/s1/i11D2,16D. The number of carbonyl (C=O) groups excluding carboxylic acids is 1. The van der Waals surface area contributed by atoms with E-state index in [1.807, 2.05) is 6.92 Å². The molecule has 0 aliphatic carbocycles. The minimum atomic E-state index is -4.99. The number of Topliss-reactive ketones (excluding diaryl/α,β-unsaturated/α-hetero) is 1. The van der Waals surface area contributed by atoms with Crippen molar-refractivity contribution in [2.24, 2.45) is 5.73 Å². The fourth-order valence-corrected chi connectivity index (χ4v) is 3.02. The van der Waals surface area contributed by atoms with E-state index in [9.17, 15) is 13.2 Å². The summed E-state index contributed by atoms with van der Waals surface area (Å²) in [5, 5.41) is 0. The molecule has 0 bridgehead atoms. The minimum Gasteiger partial charge on any atom is -0.460 e. The molecule has 0 saturated carbocycles. The molecule has 3 rings (SSSR count). The average Bonchev–Trinajstić information content (AvgIpc) is 2.86. The Kier molecular flexibility index (Phi) is 3.56. The van der Waals surface area contributed by atoms with E-state index in [-0.39, 0.29) is 11.1 Å². The van der Waals surface area contributed by atoms with Gasteiger partial charge in [-0.15, -0.1) is 0 Å². The maximum absolute atomic E-state index is 12.7. The van der Waals surface area contributed by atoms with Crippen molar-refractivity contribution in [3.63, 3.8) is 0 Å². The van der Waals surface area contributed by atoms with Crippen molar-refractivity contribution < 1.29 is 26.2 Å². The van der Waals surface area contributed by atoms with Gasteiger partial charge in [-0.25, -0.2) is 0 Å². The van der Waals surface area contributed by atoms with Crippen LogP contribution in [0.4, 0.5) is 0 Å². The molecule has 1 atom stereocenters. The highest BCUT2D eigenvalue weighted by Gasteiger charge is 2.39. The SMILES string of the molecule is [2H]C([2H])(c1ccccc1)S(=O)(=O)OC1=C(N)O[C@]([2H])(c2ccc(C)cc2)C1=O. The van der Waals surface area contributed by atoms with Crippen LogP contribution in [0, 0.1) is 6.92 Å². The summed E-state index contributed by atoms with van der Waals surface area (Å²) in [6.07, 6.45) is -2.32. The lowest BCUT2D eigenvalue weighted by Crippen LogP contribution is -2.16. The van der Waals surface area contributed by atoms with Crippen LogP contribution in [0.2, 0.25) is 0 Å². The van der Waals surface area contributed by atoms with Crippen LogP contribution in [0.5, 0.6) is 0 Å². The molecule has 0 radical (unpaired) electrons. The van der Waals surface area contributed by atoms with Gasteiger partial charge in [0.25, 0.3) is 0 Å². The van der Waals surface area contributed by atoms with Gasteiger partial charge in [-0.1, -0.05) is 60.2 Å². The number of ether oxygens (including phenoxy) is 1. The van der Waals surface area contributed by atoms with Gasteiger partial charge in [0.1, 0.15) is 5.70 Å². The Balaban J connectivity index is 1.93. The molecule has 1 aliphatic heterocycles. The third-order valence-corrected chi connectivity index (χ3v) is 4.24. The molecule has 2 aromatic rings. The molecule has 0 spiro atoms. The average molecular weight is 362 g/mol. The van der Waals surface area contributed by atoms with Crippen molar-refractivity contribution in [1.82, 2.24) is 0 Å². The summed E-state index contributed by atoms with van der Waals surface area (Å²) >= 11 is 0. The highest BCUT2D eigenvalue weighted by atomic mass is 32.2. The molecular weight excluding hydrogens is 342 g/mol. The summed E-state index contributed by atoms with van der Waals surface area (Å²) in [5.74, 6) is -2.76. The zero-order valence-corrected chi connectivity index (χ0v) is 14.0. The van der Waals surface area contributed by atoms with E-state index in [2.05, 4.69) is 0 Å². The molecule has 0 amide bonds. The van der Waals surface area contributed by atoms with Crippen LogP contribution in [-0.2, 0) is 29.5 Å². The Bertz CT molecular complexity index is 1050. The molecule has 2 aromatic carbocycles. The monoisotopic (exact) mass is 362 g/mol. The summed E-state index contributed by atoms with van der Waals surface area (Å²) in [6, 6.07) is 13.3. The Morgan fingerprint density at radius 3 is 2.48 bits per heavy atom. The van der Waals surface area contributed by atoms with Crippen molar-refractivity contribution >= 4 is 15.9 Å². The maximum Gasteiger partial charge on any atom is 0.313 e. The molecule has 2 N–H and O–H groups in total. The van der Waals surface area contributed by atoms with E-state index in [1.54, 1.807) is 18.2 Å². The second-order valence-corrected chi connectivity index (χ2v) is 6.60. The Labute approximate surface area is 150 Å². The highest BCUT2D eigenvalue weighted by Crippen LogP contribution is 2.32. The lowest BCUT2D eigenvalue weighted by Gasteiger charge is -2.10. The van der Waals surface area contributed by atoms with Gasteiger partial charge in [-0.2, -0.15) is 8.42 Å². The lowest BCUT2D eigenvalue weighted by molar-refractivity contribution is -0.123. The molecule has 25 heavy (non-hydrogen) atoms. The predicted octanol–water partition coefficient (Wildman–Crippen LogP) is 2.31. The first-order chi connectivity index (χ1) is 13.0. The number of ketones is 1. The molecule has 0 aromatic heterocycles. The first-order valence-electron chi connectivity index (χ1n) is 8.79. The van der Waals surface area contributed by atoms with Gasteiger partial charge in [0, 0.05) is 5.56 Å². The van der Waals surface area contributed by atoms with Gasteiger partial charge in [0.05, 0.1) is 4.11 Å². The van der Waals surface area contributed by atoms with Gasteiger partial charge in [0.15, 0.2) is 6.08 Å². The van der Waals surface area contributed by atoms with E-state index in [0.29, 0.717) is 0 Å². The first kappa shape index (κ1) is 13.5. The van der Waals surface area contributed by atoms with Gasteiger partial charge in [0.2, 0.25) is 17.4 Å². The van der Waals surface area contributed by atoms with Crippen LogP contribution in [-0.4, -0.2) is 14.2 Å². The summed E-state index contributed by atoms with van der Waals surface area (Å²) < 4.78 is 59.2. The van der Waals surface area contributed by atoms with Crippen molar-refractivity contribution in [2.75, 3.05) is 0 Å². The van der Waals surface area contributed by atoms with Crippen LogP contribution in [0.3, 0.4) is 0 Å². The summed E-state index contributed by atoms with van der Waals surface area (Å²) in [7, 11) is -4.99. The number of aryl methyl sites for hydroxylation is 1. The number of benzene rings is 2. The predicted molar refractivity (Wildman–Crippen MR) is 91.4 cm³/mol. The molecule has 6 nitrogen and oxygen atoms in total. The van der Waals surface area contributed by atoms with Gasteiger partial charge in [-0.3, -0.25) is 4.79 Å². The van der Waals surface area contributed by atoms with E-state index in [1.165, 1.54) is 36.4 Å². The van der Waals surface area contributed by atoms with E-state index in [4.69, 9.17) is 18.8 Å². The molecule has 0 saturated heterocycles. The van der Waals surface area contributed by atoms with E-state index >= 15 is 0 Å². The summed E-state index contributed by atoms with van der Waals surface area (Å²) in [4.78, 5) is 12.7. The molecule has 1 heterocycles. The third-order valence-electron chi connectivity index (χ3n) is 3.37. The van der Waals surface area contributed by atoms with Crippen molar-refractivity contribution in [1.29, 1.82) is 0 Å². The highest BCUT2D eigenvalue weighted by molar-refractivity contribution is 7.86. The van der Waals surface area contributed by atoms with Crippen LogP contribution in [0.25, 0.3) is 0 Å². The van der Waals surface area contributed by atoms with Crippen LogP contribution in [0.1, 0.15) is 26.9 Å². The van der Waals surface area contributed by atoms with E-state index < -0.39 is 39.3 Å². The normalized spacial score (nSPS) is 22.8. The quantitative estimate of drug-likeness (QED) is 0.820. The van der Waals surface area contributed by atoms with Gasteiger partial charge >= 0.3 is 10.1 Å². The lowest BCUT2D eigenvalue weighted by atomic mass is 10.0. The summed E-state index contributed by atoms with van der Waals surface area (Å²) in [5.41, 5.74) is 3.48. The zero-order chi connectivity index (χ0) is 20.7. The first-order valence-corrected chi connectivity index (χ1v) is 8.70. The number of nitrogens with two attached hydrogens (primary N) is 1. The number of rotatable bonds is 5. The van der Waals surface area contributed by atoms with Crippen molar-refractivity contribution in [3.05, 3.63) is 82.9 Å². The van der Waals surface area contributed by atoms with Crippen LogP contribution >= 0.6 is 0 Å². The fourth-order valence-electron chi connectivity index (χ4n) is 2.17. The second kappa shape index (κ2) is 6.60. The molecule has 0 fully saturated rings. The van der Waals surface area contributed by atoms with E-state index in [0.717, 1.165) is 5.56 Å². The fraction of sp³-hybridized carbons (Fsp3) is 0.167. The van der Waals surface area contributed by atoms with Crippen LogP contribution < -0.4 is 5.73 Å². The second-order valence-electron chi connectivity index (χ2n) is 5.33. The molecule has 0 unspecified atom stereocenters. The number of hydrogen-bond acceptors (Lipinski definition) is 6. The topological polar surface area (TPSA) is 95.7 Å². The van der Waals surface area contributed by atoms with Crippen molar-refractivity contribution in [3.8, 4) is 0 Å². The van der Waals surface area contributed by atoms with Crippen molar-refractivity contribution in [2.45, 2.75) is 18.7 Å². The smallest absolute Gasteiger partial charge is 0.313 e. The number of hydrogen-bond donors (Lipinski definition) is 1. The maximum atomic E-state index is 12.7. The molecule has 130 valence electrons. The number of carbonyl (C=O) groups is 1. The molecule has 1 aliphatic rings. The third kappa shape index (κ3) is 3.83. The Hall–Kier alpha value is -2.80. The zero-order valence-electron chi connectivity index (χ0n) is 16.2. The molecule has 7 heteroatoms. The van der Waals surface area contributed by atoms with Gasteiger partial charge < -0.3 is 14.7 Å². The Morgan fingerprint density at radius 1 is 1.20 bits per heavy atom. The minimum absolute atomic E-state index is 0.133. The molecular formula is C18H17NO5S. The largest absolute Gasteiger partial charge is 0.460 e. The van der Waals surface area contributed by atoms with Gasteiger partial charge in [-0.05, 0) is 12.5 Å².